The molecule has 0 bridgehead atoms. The van der Waals surface area contributed by atoms with E-state index < -0.39 is 12.4 Å². The largest absolute Gasteiger partial charge is 0.320 e. The second-order valence-corrected chi connectivity index (χ2v) is 3.85. The zero-order chi connectivity index (χ0) is 10.3. The Morgan fingerprint density at radius 2 is 2.07 bits per heavy atom. The molecule has 0 radical (unpaired) electrons. The van der Waals surface area contributed by atoms with Crippen LogP contribution in [0.3, 0.4) is 0 Å². The second-order valence-electron chi connectivity index (χ2n) is 2.68. The summed E-state index contributed by atoms with van der Waals surface area (Å²) in [4.78, 5) is 3.75. The van der Waals surface area contributed by atoms with Crippen LogP contribution in [-0.4, -0.2) is 9.55 Å². The summed E-state index contributed by atoms with van der Waals surface area (Å²) >= 11 is 1.79. The molecule has 1 heterocycles. The fourth-order valence-corrected chi connectivity index (χ4v) is 1.63. The van der Waals surface area contributed by atoms with Gasteiger partial charge in [-0.25, -0.2) is 9.37 Å². The Balaban J connectivity index is 2.74. The van der Waals surface area contributed by atoms with Crippen molar-refractivity contribution in [3.05, 3.63) is 27.8 Å². The number of hydrogen-bond donors (Lipinski definition) is 0. The molecular formula is C8H4F3IN2. The van der Waals surface area contributed by atoms with E-state index in [1.807, 2.05) is 0 Å². The maximum atomic E-state index is 13.1. The molecule has 2 aromatic rings. The Kier molecular flexibility index (Phi) is 2.38. The van der Waals surface area contributed by atoms with Crippen molar-refractivity contribution in [2.75, 3.05) is 0 Å². The highest BCUT2D eigenvalue weighted by atomic mass is 127. The first kappa shape index (κ1) is 9.75. The van der Waals surface area contributed by atoms with Crippen molar-refractivity contribution in [1.82, 2.24) is 9.55 Å². The zero-order valence-corrected chi connectivity index (χ0v) is 8.87. The van der Waals surface area contributed by atoms with E-state index in [0.717, 1.165) is 12.4 Å². The van der Waals surface area contributed by atoms with Gasteiger partial charge in [0.2, 0.25) is 0 Å². The van der Waals surface area contributed by atoms with Crippen LogP contribution in [-0.2, 0) is 0 Å². The summed E-state index contributed by atoms with van der Waals surface area (Å²) in [6, 6.07) is 2.50. The zero-order valence-electron chi connectivity index (χ0n) is 6.72. The van der Waals surface area contributed by atoms with Crippen LogP contribution in [0.4, 0.5) is 13.2 Å². The number of benzene rings is 1. The third-order valence-corrected chi connectivity index (χ3v) is 2.65. The standard InChI is InChI=1S/C8H4F3IN2/c9-4-1-7-6(2-5(4)12)13-3-14(7)8(10)11/h1-3,8H. The van der Waals surface area contributed by atoms with Crippen molar-refractivity contribution in [3.8, 4) is 0 Å². The molecule has 0 aliphatic rings. The minimum absolute atomic E-state index is 0.109. The quantitative estimate of drug-likeness (QED) is 0.740. The number of aromatic nitrogens is 2. The molecule has 14 heavy (non-hydrogen) atoms. The van der Waals surface area contributed by atoms with Gasteiger partial charge < -0.3 is 0 Å². The van der Waals surface area contributed by atoms with E-state index in [0.29, 0.717) is 13.7 Å². The van der Waals surface area contributed by atoms with Crippen molar-refractivity contribution < 1.29 is 13.2 Å². The number of alkyl halides is 2. The molecule has 0 atom stereocenters. The van der Waals surface area contributed by atoms with Gasteiger partial charge >= 0.3 is 6.55 Å². The van der Waals surface area contributed by atoms with E-state index in [2.05, 4.69) is 4.98 Å². The van der Waals surface area contributed by atoms with Crippen LogP contribution in [0.1, 0.15) is 6.55 Å². The number of rotatable bonds is 1. The Morgan fingerprint density at radius 1 is 1.36 bits per heavy atom. The van der Waals surface area contributed by atoms with Crippen molar-refractivity contribution in [2.24, 2.45) is 0 Å². The molecule has 0 spiro atoms. The van der Waals surface area contributed by atoms with Gasteiger partial charge in [-0.2, -0.15) is 8.78 Å². The van der Waals surface area contributed by atoms with Gasteiger partial charge in [-0.3, -0.25) is 4.57 Å². The minimum Gasteiger partial charge on any atom is -0.273 e. The number of nitrogens with zero attached hydrogens (tertiary/aromatic N) is 2. The summed E-state index contributed by atoms with van der Waals surface area (Å²) < 4.78 is 38.8. The smallest absolute Gasteiger partial charge is 0.273 e. The van der Waals surface area contributed by atoms with Crippen LogP contribution in [0.15, 0.2) is 18.5 Å². The molecule has 0 unspecified atom stereocenters. The van der Waals surface area contributed by atoms with Gasteiger partial charge in [0.1, 0.15) is 12.1 Å². The topological polar surface area (TPSA) is 17.8 Å². The van der Waals surface area contributed by atoms with Crippen LogP contribution in [0.25, 0.3) is 11.0 Å². The lowest BCUT2D eigenvalue weighted by Crippen LogP contribution is -1.95. The Labute approximate surface area is 90.9 Å². The predicted molar refractivity (Wildman–Crippen MR) is 53.7 cm³/mol. The van der Waals surface area contributed by atoms with E-state index in [1.54, 1.807) is 22.6 Å². The third-order valence-electron chi connectivity index (χ3n) is 1.83. The molecule has 1 aromatic carbocycles. The molecular weight excluding hydrogens is 308 g/mol. The van der Waals surface area contributed by atoms with Gasteiger partial charge in [0.25, 0.3) is 0 Å². The summed E-state index contributed by atoms with van der Waals surface area (Å²) in [5.41, 5.74) is 0.481. The third kappa shape index (κ3) is 1.47. The van der Waals surface area contributed by atoms with E-state index in [-0.39, 0.29) is 5.52 Å². The molecule has 0 aliphatic heterocycles. The Hall–Kier alpha value is -0.790. The maximum Gasteiger partial charge on any atom is 0.320 e. The van der Waals surface area contributed by atoms with Crippen molar-refractivity contribution in [1.29, 1.82) is 0 Å². The van der Waals surface area contributed by atoms with E-state index >= 15 is 0 Å². The van der Waals surface area contributed by atoms with Crippen LogP contribution >= 0.6 is 22.6 Å². The molecule has 0 saturated heterocycles. The Morgan fingerprint density at radius 3 is 2.71 bits per heavy atom. The fourth-order valence-electron chi connectivity index (χ4n) is 1.18. The van der Waals surface area contributed by atoms with Gasteiger partial charge in [-0.15, -0.1) is 0 Å². The molecule has 0 fully saturated rings. The highest BCUT2D eigenvalue weighted by molar-refractivity contribution is 14.1. The van der Waals surface area contributed by atoms with E-state index in [9.17, 15) is 13.2 Å². The predicted octanol–water partition coefficient (Wildman–Crippen LogP) is 3.18. The summed E-state index contributed by atoms with van der Waals surface area (Å²) in [6.07, 6.45) is 1.00. The SMILES string of the molecule is Fc1cc2c(cc1I)ncn2C(F)F. The van der Waals surface area contributed by atoms with Crippen LogP contribution in [0, 0.1) is 9.39 Å². The monoisotopic (exact) mass is 312 g/mol. The second kappa shape index (κ2) is 3.41. The van der Waals surface area contributed by atoms with Gasteiger partial charge in [-0.05, 0) is 28.7 Å². The van der Waals surface area contributed by atoms with Gasteiger partial charge in [-0.1, -0.05) is 0 Å². The summed E-state index contributed by atoms with van der Waals surface area (Å²) in [6.45, 7) is -2.69. The number of fused-ring (bicyclic) bond motifs is 1. The summed E-state index contributed by atoms with van der Waals surface area (Å²) in [5.74, 6) is -0.513. The first-order chi connectivity index (χ1) is 6.59. The number of hydrogen-bond acceptors (Lipinski definition) is 1. The average Bonchev–Trinajstić information content (AvgIpc) is 2.48. The molecule has 0 aliphatic carbocycles. The molecule has 0 saturated carbocycles. The molecule has 74 valence electrons. The van der Waals surface area contributed by atoms with Crippen LogP contribution in [0.5, 0.6) is 0 Å². The lowest BCUT2D eigenvalue weighted by molar-refractivity contribution is 0.0745. The molecule has 6 heteroatoms. The van der Waals surface area contributed by atoms with Gasteiger partial charge in [0.15, 0.2) is 0 Å². The highest BCUT2D eigenvalue weighted by Gasteiger charge is 2.12. The van der Waals surface area contributed by atoms with E-state index in [4.69, 9.17) is 0 Å². The fraction of sp³-hybridized carbons (Fsp3) is 0.125. The number of halogens is 4. The lowest BCUT2D eigenvalue weighted by atomic mass is 10.3. The van der Waals surface area contributed by atoms with E-state index in [1.165, 1.54) is 6.07 Å². The van der Waals surface area contributed by atoms with Crippen molar-refractivity contribution in [3.63, 3.8) is 0 Å². The first-order valence-corrected chi connectivity index (χ1v) is 4.77. The summed E-state index contributed by atoms with van der Waals surface area (Å²) in [7, 11) is 0. The normalized spacial score (nSPS) is 11.5. The molecule has 0 amide bonds. The minimum atomic E-state index is -2.69. The molecule has 0 N–H and O–H groups in total. The Bertz CT molecular complexity index is 481. The first-order valence-electron chi connectivity index (χ1n) is 3.69. The summed E-state index contributed by atoms with van der Waals surface area (Å²) in [5, 5.41) is 0. The van der Waals surface area contributed by atoms with Gasteiger partial charge in [0, 0.05) is 6.07 Å². The van der Waals surface area contributed by atoms with Gasteiger partial charge in [0.05, 0.1) is 14.6 Å². The van der Waals surface area contributed by atoms with Crippen molar-refractivity contribution in [2.45, 2.75) is 6.55 Å². The number of imidazole rings is 1. The maximum absolute atomic E-state index is 13.1. The molecule has 2 rings (SSSR count). The molecule has 1 aromatic heterocycles. The highest BCUT2D eigenvalue weighted by Crippen LogP contribution is 2.23. The molecule has 2 nitrogen and oxygen atoms in total. The lowest BCUT2D eigenvalue weighted by Gasteiger charge is -2.01. The average molecular weight is 312 g/mol. The van der Waals surface area contributed by atoms with Crippen LogP contribution < -0.4 is 0 Å². The van der Waals surface area contributed by atoms with Crippen LogP contribution in [0.2, 0.25) is 0 Å². The van der Waals surface area contributed by atoms with Crippen molar-refractivity contribution >= 4 is 33.6 Å².